The van der Waals surface area contributed by atoms with Crippen LogP contribution in [0.1, 0.15) is 38.2 Å². The zero-order valence-corrected chi connectivity index (χ0v) is 8.16. The normalized spacial score (nSPS) is 12.5. The molecule has 1 atom stereocenters. The van der Waals surface area contributed by atoms with Gasteiger partial charge in [-0.1, -0.05) is 6.92 Å². The van der Waals surface area contributed by atoms with Crippen molar-refractivity contribution >= 4 is 5.78 Å². The zero-order chi connectivity index (χ0) is 9.68. The highest BCUT2D eigenvalue weighted by atomic mass is 16.1. The van der Waals surface area contributed by atoms with E-state index in [9.17, 15) is 4.79 Å². The molecule has 70 valence electrons. The van der Waals surface area contributed by atoms with E-state index in [-0.39, 0.29) is 5.78 Å². The first-order chi connectivity index (χ1) is 6.20. The summed E-state index contributed by atoms with van der Waals surface area (Å²) in [6.07, 6.45) is 5.18. The van der Waals surface area contributed by atoms with Crippen LogP contribution in [0.2, 0.25) is 0 Å². The molecule has 0 N–H and O–H groups in total. The molecule has 0 aromatic carbocycles. The van der Waals surface area contributed by atoms with E-state index in [0.29, 0.717) is 12.3 Å². The van der Waals surface area contributed by atoms with Crippen molar-refractivity contribution in [3.63, 3.8) is 0 Å². The minimum atomic E-state index is 0.265. The second kappa shape index (κ2) is 4.75. The topological polar surface area (TPSA) is 30.0 Å². The number of aromatic nitrogens is 1. The lowest BCUT2D eigenvalue weighted by atomic mass is 9.96. The van der Waals surface area contributed by atoms with Gasteiger partial charge in [-0.2, -0.15) is 0 Å². The van der Waals surface area contributed by atoms with E-state index in [2.05, 4.69) is 11.9 Å². The number of hydrogen-bond acceptors (Lipinski definition) is 2. The Morgan fingerprint density at radius 3 is 2.62 bits per heavy atom. The molecule has 2 heteroatoms. The van der Waals surface area contributed by atoms with Crippen LogP contribution in [0.25, 0.3) is 0 Å². The standard InChI is InChI=1S/C11H15NO/c1-9(3-4-10(2)13)11-5-7-12-8-6-11/h5-9H,3-4H2,1-2H3. The molecule has 1 aromatic heterocycles. The minimum Gasteiger partial charge on any atom is -0.300 e. The van der Waals surface area contributed by atoms with Gasteiger partial charge in [-0.3, -0.25) is 4.98 Å². The first kappa shape index (κ1) is 9.90. The minimum absolute atomic E-state index is 0.265. The molecule has 0 saturated carbocycles. The van der Waals surface area contributed by atoms with Crippen LogP contribution < -0.4 is 0 Å². The van der Waals surface area contributed by atoms with E-state index in [1.165, 1.54) is 5.56 Å². The fraction of sp³-hybridized carbons (Fsp3) is 0.455. The lowest BCUT2D eigenvalue weighted by Crippen LogP contribution is -1.97. The molecule has 0 saturated heterocycles. The summed E-state index contributed by atoms with van der Waals surface area (Å²) in [4.78, 5) is 14.7. The fourth-order valence-electron chi connectivity index (χ4n) is 1.28. The summed E-state index contributed by atoms with van der Waals surface area (Å²) < 4.78 is 0. The van der Waals surface area contributed by atoms with Crippen molar-refractivity contribution < 1.29 is 4.79 Å². The second-order valence-electron chi connectivity index (χ2n) is 3.42. The Kier molecular flexibility index (Phi) is 3.62. The number of carbonyl (C=O) groups is 1. The summed E-state index contributed by atoms with van der Waals surface area (Å²) in [5.74, 6) is 0.716. The molecule has 1 rings (SSSR count). The van der Waals surface area contributed by atoms with Crippen molar-refractivity contribution in [2.75, 3.05) is 0 Å². The highest BCUT2D eigenvalue weighted by Gasteiger charge is 2.05. The Morgan fingerprint density at radius 2 is 2.08 bits per heavy atom. The van der Waals surface area contributed by atoms with Gasteiger partial charge in [0.15, 0.2) is 0 Å². The SMILES string of the molecule is CC(=O)CCC(C)c1ccncc1. The number of ketones is 1. The molecule has 0 aliphatic rings. The Hall–Kier alpha value is -1.18. The van der Waals surface area contributed by atoms with E-state index >= 15 is 0 Å². The summed E-state index contributed by atoms with van der Waals surface area (Å²) in [5.41, 5.74) is 1.26. The Bertz CT molecular complexity index is 269. The van der Waals surface area contributed by atoms with Gasteiger partial charge in [-0.25, -0.2) is 0 Å². The van der Waals surface area contributed by atoms with Crippen LogP contribution in [-0.2, 0) is 4.79 Å². The van der Waals surface area contributed by atoms with Gasteiger partial charge in [0.2, 0.25) is 0 Å². The van der Waals surface area contributed by atoms with Gasteiger partial charge >= 0.3 is 0 Å². The lowest BCUT2D eigenvalue weighted by molar-refractivity contribution is -0.117. The van der Waals surface area contributed by atoms with E-state index in [0.717, 1.165) is 6.42 Å². The quantitative estimate of drug-likeness (QED) is 0.707. The molecule has 0 bridgehead atoms. The summed E-state index contributed by atoms with van der Waals surface area (Å²) in [5, 5.41) is 0. The van der Waals surface area contributed by atoms with E-state index in [1.54, 1.807) is 19.3 Å². The first-order valence-electron chi connectivity index (χ1n) is 4.59. The lowest BCUT2D eigenvalue weighted by Gasteiger charge is -2.09. The zero-order valence-electron chi connectivity index (χ0n) is 8.16. The summed E-state index contributed by atoms with van der Waals surface area (Å²) in [6, 6.07) is 4.01. The fourth-order valence-corrected chi connectivity index (χ4v) is 1.28. The number of rotatable bonds is 4. The van der Waals surface area contributed by atoms with Crippen molar-refractivity contribution in [1.82, 2.24) is 4.98 Å². The third-order valence-electron chi connectivity index (χ3n) is 2.20. The van der Waals surface area contributed by atoms with Gasteiger partial charge in [-0.05, 0) is 37.0 Å². The summed E-state index contributed by atoms with van der Waals surface area (Å²) in [7, 11) is 0. The number of hydrogen-bond donors (Lipinski definition) is 0. The third kappa shape index (κ3) is 3.36. The average Bonchev–Trinajstić information content (AvgIpc) is 2.15. The van der Waals surface area contributed by atoms with Gasteiger partial charge in [0.25, 0.3) is 0 Å². The summed E-state index contributed by atoms with van der Waals surface area (Å²) >= 11 is 0. The van der Waals surface area contributed by atoms with Crippen LogP contribution >= 0.6 is 0 Å². The largest absolute Gasteiger partial charge is 0.300 e. The van der Waals surface area contributed by atoms with Crippen molar-refractivity contribution in [1.29, 1.82) is 0 Å². The van der Waals surface area contributed by atoms with E-state index < -0.39 is 0 Å². The molecular formula is C11H15NO. The van der Waals surface area contributed by atoms with Crippen LogP contribution in [0.15, 0.2) is 24.5 Å². The molecular weight excluding hydrogens is 162 g/mol. The molecule has 0 amide bonds. The molecule has 1 aromatic rings. The molecule has 0 aliphatic carbocycles. The Balaban J connectivity index is 2.49. The van der Waals surface area contributed by atoms with Gasteiger partial charge in [0, 0.05) is 18.8 Å². The molecule has 2 nitrogen and oxygen atoms in total. The predicted molar refractivity (Wildman–Crippen MR) is 52.6 cm³/mol. The van der Waals surface area contributed by atoms with Gasteiger partial charge in [0.1, 0.15) is 5.78 Å². The third-order valence-corrected chi connectivity index (χ3v) is 2.20. The molecule has 0 aliphatic heterocycles. The number of Topliss-reactive ketones (excluding diaryl/α,β-unsaturated/α-hetero) is 1. The maximum atomic E-state index is 10.8. The average molecular weight is 177 g/mol. The number of carbonyl (C=O) groups excluding carboxylic acids is 1. The monoisotopic (exact) mass is 177 g/mol. The van der Waals surface area contributed by atoms with Gasteiger partial charge in [0.05, 0.1) is 0 Å². The maximum absolute atomic E-state index is 10.8. The van der Waals surface area contributed by atoms with Gasteiger partial charge < -0.3 is 4.79 Å². The Morgan fingerprint density at radius 1 is 1.46 bits per heavy atom. The molecule has 1 unspecified atom stereocenters. The van der Waals surface area contributed by atoms with Crippen molar-refractivity contribution in [3.8, 4) is 0 Å². The van der Waals surface area contributed by atoms with E-state index in [4.69, 9.17) is 0 Å². The molecule has 13 heavy (non-hydrogen) atoms. The predicted octanol–water partition coefficient (Wildman–Crippen LogP) is 2.55. The number of pyridine rings is 1. The number of nitrogens with zero attached hydrogens (tertiary/aromatic N) is 1. The van der Waals surface area contributed by atoms with Crippen LogP contribution in [-0.4, -0.2) is 10.8 Å². The molecule has 0 fully saturated rings. The van der Waals surface area contributed by atoms with Crippen molar-refractivity contribution in [2.45, 2.75) is 32.6 Å². The highest BCUT2D eigenvalue weighted by Crippen LogP contribution is 2.19. The smallest absolute Gasteiger partial charge is 0.129 e. The summed E-state index contributed by atoms with van der Waals surface area (Å²) in [6.45, 7) is 3.78. The van der Waals surface area contributed by atoms with Crippen molar-refractivity contribution in [3.05, 3.63) is 30.1 Å². The molecule has 0 radical (unpaired) electrons. The molecule has 0 spiro atoms. The van der Waals surface area contributed by atoms with Crippen LogP contribution in [0.5, 0.6) is 0 Å². The molecule has 1 heterocycles. The van der Waals surface area contributed by atoms with E-state index in [1.807, 2.05) is 12.1 Å². The van der Waals surface area contributed by atoms with Crippen LogP contribution in [0, 0.1) is 0 Å². The van der Waals surface area contributed by atoms with Crippen molar-refractivity contribution in [2.24, 2.45) is 0 Å². The van der Waals surface area contributed by atoms with Crippen LogP contribution in [0.3, 0.4) is 0 Å². The maximum Gasteiger partial charge on any atom is 0.129 e. The first-order valence-corrected chi connectivity index (χ1v) is 4.59. The highest BCUT2D eigenvalue weighted by molar-refractivity contribution is 5.75. The Labute approximate surface area is 79.0 Å². The van der Waals surface area contributed by atoms with Crippen LogP contribution in [0.4, 0.5) is 0 Å². The van der Waals surface area contributed by atoms with Gasteiger partial charge in [-0.15, -0.1) is 0 Å². The second-order valence-corrected chi connectivity index (χ2v) is 3.42.